The first kappa shape index (κ1) is 17.7. The molecule has 0 saturated heterocycles. The quantitative estimate of drug-likeness (QED) is 0.573. The highest BCUT2D eigenvalue weighted by molar-refractivity contribution is 5.95. The molecule has 2 aromatic carbocycles. The van der Waals surface area contributed by atoms with E-state index in [0.29, 0.717) is 17.9 Å². The van der Waals surface area contributed by atoms with Crippen molar-refractivity contribution in [2.45, 2.75) is 20.4 Å². The largest absolute Gasteiger partial charge is 0.361 e. The van der Waals surface area contributed by atoms with Crippen LogP contribution in [0.3, 0.4) is 0 Å². The lowest BCUT2D eigenvalue weighted by Crippen LogP contribution is -2.23. The van der Waals surface area contributed by atoms with Gasteiger partial charge >= 0.3 is 0 Å². The molecule has 1 N–H and O–H groups in total. The molecule has 1 amide bonds. The van der Waals surface area contributed by atoms with Gasteiger partial charge in [0.05, 0.1) is 23.1 Å². The highest BCUT2D eigenvalue weighted by atomic mass is 16.5. The van der Waals surface area contributed by atoms with Crippen molar-refractivity contribution < 1.29 is 9.32 Å². The summed E-state index contributed by atoms with van der Waals surface area (Å²) in [7, 11) is 0. The number of amides is 1. The molecule has 2 aromatic heterocycles. The van der Waals surface area contributed by atoms with Crippen molar-refractivity contribution in [2.24, 2.45) is 0 Å². The van der Waals surface area contributed by atoms with Crippen LogP contribution in [0.25, 0.3) is 16.9 Å². The first-order valence-electron chi connectivity index (χ1n) is 9.04. The Labute approximate surface area is 162 Å². The van der Waals surface area contributed by atoms with E-state index in [1.165, 1.54) is 0 Å². The molecule has 28 heavy (non-hydrogen) atoms. The first-order valence-corrected chi connectivity index (χ1v) is 9.04. The molecule has 0 bridgehead atoms. The lowest BCUT2D eigenvalue weighted by atomic mass is 10.1. The topological polar surface area (TPSA) is 73.0 Å². The van der Waals surface area contributed by atoms with Crippen LogP contribution < -0.4 is 5.32 Å². The van der Waals surface area contributed by atoms with E-state index >= 15 is 0 Å². The first-order chi connectivity index (χ1) is 13.6. The SMILES string of the molecule is Cc1onc(-c2ccccc2)c1CNC(=O)c1cnn(-c2ccccc2)c1C. The average molecular weight is 372 g/mol. The fourth-order valence-electron chi connectivity index (χ4n) is 3.15. The van der Waals surface area contributed by atoms with Gasteiger partial charge in [-0.2, -0.15) is 5.10 Å². The predicted molar refractivity (Wildman–Crippen MR) is 106 cm³/mol. The maximum absolute atomic E-state index is 12.7. The molecule has 0 aliphatic carbocycles. The minimum absolute atomic E-state index is 0.181. The maximum Gasteiger partial charge on any atom is 0.255 e. The maximum atomic E-state index is 12.7. The number of carbonyl (C=O) groups excluding carboxylic acids is 1. The number of nitrogens with zero attached hydrogens (tertiary/aromatic N) is 3. The van der Waals surface area contributed by atoms with Crippen molar-refractivity contribution in [3.05, 3.63) is 89.4 Å². The molecule has 0 radical (unpaired) electrons. The van der Waals surface area contributed by atoms with Gasteiger partial charge in [-0.1, -0.05) is 53.7 Å². The summed E-state index contributed by atoms with van der Waals surface area (Å²) < 4.78 is 7.11. The van der Waals surface area contributed by atoms with Gasteiger partial charge in [0.25, 0.3) is 5.91 Å². The van der Waals surface area contributed by atoms with Crippen molar-refractivity contribution in [3.8, 4) is 16.9 Å². The normalized spacial score (nSPS) is 10.8. The van der Waals surface area contributed by atoms with Crippen LogP contribution in [-0.4, -0.2) is 20.8 Å². The molecule has 2 heterocycles. The number of para-hydroxylation sites is 1. The van der Waals surface area contributed by atoms with Gasteiger partial charge in [-0.3, -0.25) is 4.79 Å². The van der Waals surface area contributed by atoms with Gasteiger partial charge in [0.15, 0.2) is 0 Å². The molecule has 6 nitrogen and oxygen atoms in total. The zero-order valence-electron chi connectivity index (χ0n) is 15.7. The van der Waals surface area contributed by atoms with Crippen LogP contribution in [0.4, 0.5) is 0 Å². The van der Waals surface area contributed by atoms with Crippen LogP contribution in [0.5, 0.6) is 0 Å². The van der Waals surface area contributed by atoms with Crippen LogP contribution in [0.15, 0.2) is 71.4 Å². The van der Waals surface area contributed by atoms with Gasteiger partial charge in [0, 0.05) is 17.7 Å². The molecular formula is C22H20N4O2. The van der Waals surface area contributed by atoms with Crippen LogP contribution >= 0.6 is 0 Å². The van der Waals surface area contributed by atoms with E-state index in [1.807, 2.05) is 74.5 Å². The van der Waals surface area contributed by atoms with Crippen molar-refractivity contribution in [1.82, 2.24) is 20.3 Å². The van der Waals surface area contributed by atoms with Crippen LogP contribution in [0.1, 0.15) is 27.4 Å². The number of nitrogens with one attached hydrogen (secondary N) is 1. The van der Waals surface area contributed by atoms with Gasteiger partial charge in [0.2, 0.25) is 0 Å². The number of hydrogen-bond acceptors (Lipinski definition) is 4. The lowest BCUT2D eigenvalue weighted by molar-refractivity contribution is 0.0950. The Balaban J connectivity index is 1.54. The molecule has 0 aliphatic heterocycles. The average Bonchev–Trinajstić information content (AvgIpc) is 3.30. The number of hydrogen-bond donors (Lipinski definition) is 1. The Kier molecular flexibility index (Phi) is 4.76. The molecular weight excluding hydrogens is 352 g/mol. The van der Waals surface area contributed by atoms with Gasteiger partial charge in [0.1, 0.15) is 11.5 Å². The molecule has 4 aromatic rings. The van der Waals surface area contributed by atoms with Gasteiger partial charge in [-0.15, -0.1) is 0 Å². The van der Waals surface area contributed by atoms with E-state index in [2.05, 4.69) is 15.6 Å². The minimum Gasteiger partial charge on any atom is -0.361 e. The molecule has 0 unspecified atom stereocenters. The van der Waals surface area contributed by atoms with E-state index in [9.17, 15) is 4.79 Å². The second kappa shape index (κ2) is 7.52. The van der Waals surface area contributed by atoms with Crippen molar-refractivity contribution >= 4 is 5.91 Å². The van der Waals surface area contributed by atoms with E-state index in [1.54, 1.807) is 10.9 Å². The summed E-state index contributed by atoms with van der Waals surface area (Å²) in [6.07, 6.45) is 1.59. The lowest BCUT2D eigenvalue weighted by Gasteiger charge is -2.07. The van der Waals surface area contributed by atoms with Crippen molar-refractivity contribution in [3.63, 3.8) is 0 Å². The third-order valence-electron chi connectivity index (χ3n) is 4.71. The van der Waals surface area contributed by atoms with Crippen molar-refractivity contribution in [1.29, 1.82) is 0 Å². The number of benzene rings is 2. The Morgan fingerprint density at radius 1 is 1.04 bits per heavy atom. The summed E-state index contributed by atoms with van der Waals surface area (Å²) in [5.74, 6) is 0.509. The number of carbonyl (C=O) groups is 1. The Morgan fingerprint density at radius 2 is 1.71 bits per heavy atom. The van der Waals surface area contributed by atoms with Crippen LogP contribution in [0.2, 0.25) is 0 Å². The van der Waals surface area contributed by atoms with E-state index in [-0.39, 0.29) is 5.91 Å². The number of aryl methyl sites for hydroxylation is 1. The van der Waals surface area contributed by atoms with E-state index < -0.39 is 0 Å². The van der Waals surface area contributed by atoms with Crippen LogP contribution in [0, 0.1) is 13.8 Å². The van der Waals surface area contributed by atoms with Crippen molar-refractivity contribution in [2.75, 3.05) is 0 Å². The fourth-order valence-corrected chi connectivity index (χ4v) is 3.15. The summed E-state index contributed by atoms with van der Waals surface area (Å²) in [6.45, 7) is 4.06. The summed E-state index contributed by atoms with van der Waals surface area (Å²) in [5.41, 5.74) is 4.81. The standard InChI is InChI=1S/C22H20N4O2/c1-15-19(14-24-26(15)18-11-7-4-8-12-18)22(27)23-13-20-16(2)28-25-21(20)17-9-5-3-6-10-17/h3-12,14H,13H2,1-2H3,(H,23,27). The third kappa shape index (κ3) is 3.32. The zero-order valence-corrected chi connectivity index (χ0v) is 15.7. The second-order valence-corrected chi connectivity index (χ2v) is 6.51. The molecule has 6 heteroatoms. The predicted octanol–water partition coefficient (Wildman–Crippen LogP) is 4.07. The molecule has 0 atom stereocenters. The number of rotatable bonds is 5. The molecule has 0 spiro atoms. The van der Waals surface area contributed by atoms with E-state index in [0.717, 1.165) is 28.2 Å². The van der Waals surface area contributed by atoms with E-state index in [4.69, 9.17) is 4.52 Å². The van der Waals surface area contributed by atoms with Gasteiger partial charge < -0.3 is 9.84 Å². The summed E-state index contributed by atoms with van der Waals surface area (Å²) in [5, 5.41) is 11.5. The molecule has 0 fully saturated rings. The zero-order chi connectivity index (χ0) is 19.5. The van der Waals surface area contributed by atoms with Gasteiger partial charge in [-0.05, 0) is 26.0 Å². The minimum atomic E-state index is -0.181. The summed E-state index contributed by atoms with van der Waals surface area (Å²) in [6, 6.07) is 19.5. The third-order valence-corrected chi connectivity index (χ3v) is 4.71. The highest BCUT2D eigenvalue weighted by Gasteiger charge is 2.18. The monoisotopic (exact) mass is 372 g/mol. The summed E-state index contributed by atoms with van der Waals surface area (Å²) >= 11 is 0. The van der Waals surface area contributed by atoms with Gasteiger partial charge in [-0.25, -0.2) is 4.68 Å². The smallest absolute Gasteiger partial charge is 0.255 e. The molecule has 140 valence electrons. The molecule has 0 aliphatic rings. The Hall–Kier alpha value is -3.67. The fraction of sp³-hybridized carbons (Fsp3) is 0.136. The highest BCUT2D eigenvalue weighted by Crippen LogP contribution is 2.25. The Morgan fingerprint density at radius 3 is 2.43 bits per heavy atom. The Bertz CT molecular complexity index is 1100. The second-order valence-electron chi connectivity index (χ2n) is 6.51. The number of aromatic nitrogens is 3. The van der Waals surface area contributed by atoms with Crippen LogP contribution in [-0.2, 0) is 6.54 Å². The molecule has 4 rings (SSSR count). The molecule has 0 saturated carbocycles. The summed E-state index contributed by atoms with van der Waals surface area (Å²) in [4.78, 5) is 12.7.